The van der Waals surface area contributed by atoms with Gasteiger partial charge in [-0.1, -0.05) is 34.8 Å². The fourth-order valence-corrected chi connectivity index (χ4v) is 2.76. The summed E-state index contributed by atoms with van der Waals surface area (Å²) >= 11 is 18.2. The van der Waals surface area contributed by atoms with E-state index in [1.54, 1.807) is 12.1 Å². The molecule has 1 fully saturated rings. The number of nitrogens with one attached hydrogen (secondary N) is 1. The van der Waals surface area contributed by atoms with E-state index < -0.39 is 5.60 Å². The topological polar surface area (TPSA) is 41.5 Å². The number of benzene rings is 1. The first-order valence-corrected chi connectivity index (χ1v) is 7.28. The summed E-state index contributed by atoms with van der Waals surface area (Å²) in [5.41, 5.74) is 0.0435. The van der Waals surface area contributed by atoms with Crippen LogP contribution in [0.15, 0.2) is 12.1 Å². The highest BCUT2D eigenvalue weighted by Crippen LogP contribution is 2.31. The zero-order valence-electron chi connectivity index (χ0n) is 10.4. The Labute approximate surface area is 127 Å². The van der Waals surface area contributed by atoms with Crippen LogP contribution in [0.2, 0.25) is 15.1 Å². The highest BCUT2D eigenvalue weighted by molar-refractivity contribution is 6.44. The maximum Gasteiger partial charge on any atom is 0.0815 e. The van der Waals surface area contributed by atoms with Crippen molar-refractivity contribution >= 4 is 34.8 Å². The van der Waals surface area contributed by atoms with E-state index in [1.807, 2.05) is 0 Å². The number of hydrogen-bond acceptors (Lipinski definition) is 3. The van der Waals surface area contributed by atoms with Gasteiger partial charge in [0.1, 0.15) is 0 Å². The molecular weight excluding hydrogens is 309 g/mol. The lowest BCUT2D eigenvalue weighted by atomic mass is 9.94. The van der Waals surface area contributed by atoms with E-state index in [0.29, 0.717) is 54.2 Å². The molecule has 0 aliphatic carbocycles. The van der Waals surface area contributed by atoms with Crippen molar-refractivity contribution in [1.29, 1.82) is 0 Å². The van der Waals surface area contributed by atoms with Crippen LogP contribution < -0.4 is 5.32 Å². The smallest absolute Gasteiger partial charge is 0.0815 e. The highest BCUT2D eigenvalue weighted by Gasteiger charge is 2.29. The fraction of sp³-hybridized carbons (Fsp3) is 0.538. The molecule has 0 radical (unpaired) electrons. The standard InChI is InChI=1S/C13H16Cl3NO2/c14-10-1-2-11(15)12(16)9(10)7-17-8-13(18)3-5-19-6-4-13/h1-2,17-18H,3-8H2. The molecule has 2 rings (SSSR count). The van der Waals surface area contributed by atoms with Gasteiger partial charge in [0.25, 0.3) is 0 Å². The number of rotatable bonds is 4. The Morgan fingerprint density at radius 3 is 2.47 bits per heavy atom. The van der Waals surface area contributed by atoms with Crippen LogP contribution in [0.5, 0.6) is 0 Å². The molecule has 0 bridgehead atoms. The summed E-state index contributed by atoms with van der Waals surface area (Å²) in [6.07, 6.45) is 1.27. The predicted octanol–water partition coefficient (Wildman–Crippen LogP) is 3.28. The molecule has 2 N–H and O–H groups in total. The summed E-state index contributed by atoms with van der Waals surface area (Å²) in [5, 5.41) is 15.0. The summed E-state index contributed by atoms with van der Waals surface area (Å²) in [6.45, 7) is 2.14. The van der Waals surface area contributed by atoms with Gasteiger partial charge in [-0.05, 0) is 12.1 Å². The Balaban J connectivity index is 1.94. The van der Waals surface area contributed by atoms with Crippen molar-refractivity contribution in [2.24, 2.45) is 0 Å². The fourth-order valence-electron chi connectivity index (χ4n) is 2.08. The first kappa shape index (κ1) is 15.4. The highest BCUT2D eigenvalue weighted by atomic mass is 35.5. The summed E-state index contributed by atoms with van der Waals surface area (Å²) in [4.78, 5) is 0. The van der Waals surface area contributed by atoms with Crippen LogP contribution in [-0.4, -0.2) is 30.5 Å². The monoisotopic (exact) mass is 323 g/mol. The minimum atomic E-state index is -0.713. The van der Waals surface area contributed by atoms with Gasteiger partial charge in [-0.25, -0.2) is 0 Å². The molecular formula is C13H16Cl3NO2. The van der Waals surface area contributed by atoms with Gasteiger partial charge < -0.3 is 15.2 Å². The van der Waals surface area contributed by atoms with Gasteiger partial charge in [-0.2, -0.15) is 0 Å². The van der Waals surface area contributed by atoms with Crippen molar-refractivity contribution in [1.82, 2.24) is 5.32 Å². The lowest BCUT2D eigenvalue weighted by Crippen LogP contribution is -2.44. The summed E-state index contributed by atoms with van der Waals surface area (Å²) in [7, 11) is 0. The van der Waals surface area contributed by atoms with Crippen molar-refractivity contribution in [2.45, 2.75) is 25.0 Å². The molecule has 1 aromatic rings. The molecule has 106 valence electrons. The maximum absolute atomic E-state index is 10.3. The Kier molecular flexibility index (Phi) is 5.35. The second-order valence-corrected chi connectivity index (χ2v) is 5.95. The molecule has 0 saturated carbocycles. The third-order valence-corrected chi connectivity index (χ3v) is 4.52. The Hall–Kier alpha value is -0.0300. The van der Waals surface area contributed by atoms with E-state index in [4.69, 9.17) is 39.5 Å². The van der Waals surface area contributed by atoms with Crippen molar-refractivity contribution in [3.05, 3.63) is 32.8 Å². The zero-order chi connectivity index (χ0) is 13.9. The van der Waals surface area contributed by atoms with Crippen molar-refractivity contribution in [3.63, 3.8) is 0 Å². The number of ether oxygens (including phenoxy) is 1. The minimum absolute atomic E-state index is 0.459. The van der Waals surface area contributed by atoms with Crippen molar-refractivity contribution in [3.8, 4) is 0 Å². The average Bonchev–Trinajstić information content (AvgIpc) is 2.39. The van der Waals surface area contributed by atoms with Gasteiger partial charge in [0.15, 0.2) is 0 Å². The zero-order valence-corrected chi connectivity index (χ0v) is 12.7. The van der Waals surface area contributed by atoms with E-state index in [1.165, 1.54) is 0 Å². The molecule has 1 heterocycles. The molecule has 1 aromatic carbocycles. The molecule has 3 nitrogen and oxygen atoms in total. The van der Waals surface area contributed by atoms with Gasteiger partial charge in [0.2, 0.25) is 0 Å². The lowest BCUT2D eigenvalue weighted by Gasteiger charge is -2.32. The Morgan fingerprint density at radius 1 is 1.16 bits per heavy atom. The van der Waals surface area contributed by atoms with Crippen LogP contribution in [0.3, 0.4) is 0 Å². The molecule has 0 aromatic heterocycles. The second kappa shape index (κ2) is 6.61. The molecule has 0 amide bonds. The van der Waals surface area contributed by atoms with E-state index in [-0.39, 0.29) is 0 Å². The maximum atomic E-state index is 10.3. The molecule has 1 aliphatic heterocycles. The van der Waals surface area contributed by atoms with E-state index in [0.717, 1.165) is 5.56 Å². The molecule has 0 atom stereocenters. The molecule has 1 saturated heterocycles. The van der Waals surface area contributed by atoms with Gasteiger partial charge >= 0.3 is 0 Å². The van der Waals surface area contributed by atoms with Gasteiger partial charge in [-0.15, -0.1) is 0 Å². The van der Waals surface area contributed by atoms with Gasteiger partial charge in [0, 0.05) is 49.7 Å². The Morgan fingerprint density at radius 2 is 1.79 bits per heavy atom. The predicted molar refractivity (Wildman–Crippen MR) is 78.2 cm³/mol. The normalized spacial score (nSPS) is 18.5. The molecule has 0 spiro atoms. The minimum Gasteiger partial charge on any atom is -0.388 e. The average molecular weight is 325 g/mol. The van der Waals surface area contributed by atoms with Gasteiger partial charge in [0.05, 0.1) is 15.6 Å². The van der Waals surface area contributed by atoms with Crippen LogP contribution in [0, 0.1) is 0 Å². The van der Waals surface area contributed by atoms with Crippen molar-refractivity contribution < 1.29 is 9.84 Å². The third-order valence-electron chi connectivity index (χ3n) is 3.32. The van der Waals surface area contributed by atoms with Crippen molar-refractivity contribution in [2.75, 3.05) is 19.8 Å². The van der Waals surface area contributed by atoms with Crippen LogP contribution in [0.25, 0.3) is 0 Å². The number of hydrogen-bond donors (Lipinski definition) is 2. The van der Waals surface area contributed by atoms with Gasteiger partial charge in [-0.3, -0.25) is 0 Å². The summed E-state index contributed by atoms with van der Waals surface area (Å²) < 4.78 is 5.24. The lowest BCUT2D eigenvalue weighted by molar-refractivity contribution is -0.0617. The first-order chi connectivity index (χ1) is 9.02. The van der Waals surface area contributed by atoms with Crippen LogP contribution in [0.1, 0.15) is 18.4 Å². The quantitative estimate of drug-likeness (QED) is 0.835. The second-order valence-electron chi connectivity index (χ2n) is 4.76. The molecule has 19 heavy (non-hydrogen) atoms. The van der Waals surface area contributed by atoms with E-state index >= 15 is 0 Å². The number of halogens is 3. The summed E-state index contributed by atoms with van der Waals surface area (Å²) in [6, 6.07) is 3.39. The van der Waals surface area contributed by atoms with Crippen LogP contribution in [0.4, 0.5) is 0 Å². The largest absolute Gasteiger partial charge is 0.388 e. The van der Waals surface area contributed by atoms with E-state index in [9.17, 15) is 5.11 Å². The molecule has 1 aliphatic rings. The van der Waals surface area contributed by atoms with Crippen LogP contribution in [-0.2, 0) is 11.3 Å². The summed E-state index contributed by atoms with van der Waals surface area (Å²) in [5.74, 6) is 0. The van der Waals surface area contributed by atoms with E-state index in [2.05, 4.69) is 5.32 Å². The molecule has 6 heteroatoms. The first-order valence-electron chi connectivity index (χ1n) is 6.15. The third kappa shape index (κ3) is 3.97. The number of aliphatic hydroxyl groups is 1. The Bertz CT molecular complexity index is 448. The molecule has 0 unspecified atom stereocenters. The van der Waals surface area contributed by atoms with Crippen LogP contribution >= 0.6 is 34.8 Å². The SMILES string of the molecule is OC1(CNCc2c(Cl)ccc(Cl)c2Cl)CCOCC1.